The molecule has 1 unspecified atom stereocenters. The van der Waals surface area contributed by atoms with Crippen molar-refractivity contribution in [1.29, 1.82) is 0 Å². The Morgan fingerprint density at radius 3 is 2.61 bits per heavy atom. The van der Waals surface area contributed by atoms with Crippen LogP contribution in [0.2, 0.25) is 0 Å². The van der Waals surface area contributed by atoms with Crippen molar-refractivity contribution in [2.75, 3.05) is 0 Å². The summed E-state index contributed by atoms with van der Waals surface area (Å²) in [7, 11) is 0. The largest absolute Gasteiger partial charge is 0.479 e. The van der Waals surface area contributed by atoms with E-state index in [1.807, 2.05) is 0 Å². The molecule has 0 spiro atoms. The second-order valence-electron chi connectivity index (χ2n) is 7.18. The number of aliphatic carboxylic acids is 1. The molecule has 0 bridgehead atoms. The molecule has 1 aromatic heterocycles. The number of carboxylic acid groups (broad SMARTS) is 1. The van der Waals surface area contributed by atoms with Gasteiger partial charge in [0.05, 0.1) is 15.4 Å². The molecule has 1 aliphatic rings. The van der Waals surface area contributed by atoms with Gasteiger partial charge in [-0.1, -0.05) is 60.4 Å². The summed E-state index contributed by atoms with van der Waals surface area (Å²) in [5, 5.41) is 21.2. The Morgan fingerprint density at radius 2 is 1.94 bits per heavy atom. The zero-order valence-corrected chi connectivity index (χ0v) is 18.8. The molecule has 1 aliphatic heterocycles. The van der Waals surface area contributed by atoms with Crippen molar-refractivity contribution in [3.63, 3.8) is 0 Å². The maximum atomic E-state index is 13.1. The van der Waals surface area contributed by atoms with Gasteiger partial charge in [-0.3, -0.25) is 19.8 Å². The van der Waals surface area contributed by atoms with Gasteiger partial charge in [-0.25, -0.2) is 4.79 Å². The highest BCUT2D eigenvalue weighted by molar-refractivity contribution is 8.26. The Hall–Kier alpha value is -3.76. The van der Waals surface area contributed by atoms with Crippen molar-refractivity contribution in [1.82, 2.24) is 4.90 Å². The quantitative estimate of drug-likeness (QED) is 0.222. The first kappa shape index (κ1) is 22.4. The van der Waals surface area contributed by atoms with E-state index in [-0.39, 0.29) is 26.4 Å². The molecule has 1 N–H and O–H groups in total. The fourth-order valence-corrected chi connectivity index (χ4v) is 4.74. The van der Waals surface area contributed by atoms with Gasteiger partial charge in [-0.15, -0.1) is 0 Å². The van der Waals surface area contributed by atoms with Gasteiger partial charge >= 0.3 is 5.97 Å². The first-order valence-corrected chi connectivity index (χ1v) is 10.9. The second-order valence-corrected chi connectivity index (χ2v) is 8.86. The number of thiocarbonyl (C=S) groups is 1. The van der Waals surface area contributed by atoms with Gasteiger partial charge in [0, 0.05) is 12.1 Å². The molecule has 2 aromatic carbocycles. The van der Waals surface area contributed by atoms with E-state index in [1.165, 1.54) is 12.1 Å². The number of carbonyl (C=O) groups excluding carboxylic acids is 1. The molecule has 33 heavy (non-hydrogen) atoms. The highest BCUT2D eigenvalue weighted by atomic mass is 32.2. The first-order chi connectivity index (χ1) is 15.8. The summed E-state index contributed by atoms with van der Waals surface area (Å²) in [6.07, 6.45) is 1.45. The van der Waals surface area contributed by atoms with Crippen molar-refractivity contribution in [2.45, 2.75) is 13.0 Å². The molecule has 4 rings (SSSR count). The van der Waals surface area contributed by atoms with Crippen LogP contribution in [0, 0.1) is 17.0 Å². The summed E-state index contributed by atoms with van der Waals surface area (Å²) in [4.78, 5) is 37.2. The molecule has 0 aliphatic carbocycles. The molecule has 1 amide bonds. The minimum atomic E-state index is -1.26. The Kier molecular flexibility index (Phi) is 6.12. The van der Waals surface area contributed by atoms with Crippen LogP contribution in [-0.2, 0) is 9.59 Å². The number of nitrogens with zero attached hydrogens (tertiary/aromatic N) is 2. The molecule has 1 saturated heterocycles. The number of furan rings is 1. The van der Waals surface area contributed by atoms with E-state index in [1.54, 1.807) is 61.5 Å². The number of hydrogen-bond acceptors (Lipinski definition) is 7. The highest BCUT2D eigenvalue weighted by Gasteiger charge is 2.41. The lowest BCUT2D eigenvalue weighted by Crippen LogP contribution is -2.37. The van der Waals surface area contributed by atoms with Crippen molar-refractivity contribution < 1.29 is 24.0 Å². The third-order valence-electron chi connectivity index (χ3n) is 4.95. The molecule has 0 saturated carbocycles. The maximum absolute atomic E-state index is 13.1. The van der Waals surface area contributed by atoms with Crippen molar-refractivity contribution in [2.24, 2.45) is 0 Å². The summed E-state index contributed by atoms with van der Waals surface area (Å²) in [6, 6.07) is 15.1. The van der Waals surface area contributed by atoms with Crippen LogP contribution in [0.3, 0.4) is 0 Å². The molecule has 0 radical (unpaired) electrons. The Balaban J connectivity index is 1.65. The van der Waals surface area contributed by atoms with Crippen LogP contribution in [0.4, 0.5) is 5.69 Å². The molecule has 8 nitrogen and oxygen atoms in total. The van der Waals surface area contributed by atoms with Crippen LogP contribution in [0.25, 0.3) is 17.4 Å². The lowest BCUT2D eigenvalue weighted by Gasteiger charge is -2.23. The van der Waals surface area contributed by atoms with E-state index in [9.17, 15) is 24.8 Å². The van der Waals surface area contributed by atoms with Gasteiger partial charge in [0.15, 0.2) is 6.04 Å². The summed E-state index contributed by atoms with van der Waals surface area (Å²) >= 11 is 6.27. The number of benzene rings is 2. The van der Waals surface area contributed by atoms with Crippen LogP contribution in [0.5, 0.6) is 0 Å². The van der Waals surface area contributed by atoms with Crippen molar-refractivity contribution >= 4 is 51.9 Å². The highest BCUT2D eigenvalue weighted by Crippen LogP contribution is 2.39. The second kappa shape index (κ2) is 9.00. The molecule has 2 heterocycles. The minimum absolute atomic E-state index is 0.0885. The van der Waals surface area contributed by atoms with Gasteiger partial charge in [0.2, 0.25) is 0 Å². The van der Waals surface area contributed by atoms with E-state index < -0.39 is 22.8 Å². The van der Waals surface area contributed by atoms with Gasteiger partial charge < -0.3 is 9.52 Å². The number of nitro groups is 1. The lowest BCUT2D eigenvalue weighted by molar-refractivity contribution is -0.384. The number of nitro benzene ring substituents is 1. The van der Waals surface area contributed by atoms with Crippen LogP contribution < -0.4 is 0 Å². The number of thioether (sulfide) groups is 1. The predicted octanol–water partition coefficient (Wildman–Crippen LogP) is 5.19. The molecule has 166 valence electrons. The zero-order valence-electron chi connectivity index (χ0n) is 17.1. The van der Waals surface area contributed by atoms with Crippen LogP contribution in [-0.4, -0.2) is 31.1 Å². The number of carbonyl (C=O) groups is 2. The number of amides is 1. The standard InChI is InChI=1S/C23H16N2O6S2/c1-13-7-9-16(17(11-13)25(29)30)18-10-8-15(31-18)12-19-21(26)24(23(32)33-19)20(22(27)28)14-5-3-2-4-6-14/h2-12,20H,1H3,(H,27,28)/b19-12-. The van der Waals surface area contributed by atoms with Crippen molar-refractivity contribution in [3.8, 4) is 11.3 Å². The normalized spacial score (nSPS) is 15.8. The summed E-state index contributed by atoms with van der Waals surface area (Å²) in [6.45, 7) is 1.76. The van der Waals surface area contributed by atoms with E-state index >= 15 is 0 Å². The number of hydrogen-bond donors (Lipinski definition) is 1. The van der Waals surface area contributed by atoms with E-state index in [0.717, 1.165) is 22.2 Å². The summed E-state index contributed by atoms with van der Waals surface area (Å²) in [5.74, 6) is -1.20. The fourth-order valence-electron chi connectivity index (χ4n) is 3.45. The zero-order chi connectivity index (χ0) is 23.7. The Labute approximate surface area is 197 Å². The number of aryl methyl sites for hydroxylation is 1. The SMILES string of the molecule is Cc1ccc(-c2ccc(/C=C3\SC(=S)N(C(C(=O)O)c4ccccc4)C3=O)o2)c([N+](=O)[O-])c1. The summed E-state index contributed by atoms with van der Waals surface area (Å²) in [5.41, 5.74) is 1.39. The lowest BCUT2D eigenvalue weighted by atomic mass is 10.1. The van der Waals surface area contributed by atoms with Crippen LogP contribution in [0.1, 0.15) is 22.9 Å². The smallest absolute Gasteiger partial charge is 0.331 e. The molecule has 3 aromatic rings. The topological polar surface area (TPSA) is 114 Å². The number of rotatable bonds is 6. The van der Waals surface area contributed by atoms with Gasteiger partial charge in [-0.05, 0) is 36.2 Å². The van der Waals surface area contributed by atoms with Crippen LogP contribution >= 0.6 is 24.0 Å². The molecule has 1 atom stereocenters. The average Bonchev–Trinajstić information content (AvgIpc) is 3.34. The Morgan fingerprint density at radius 1 is 1.21 bits per heavy atom. The molecule has 10 heteroatoms. The Bertz CT molecular complexity index is 1320. The third kappa shape index (κ3) is 4.43. The molecular formula is C23H16N2O6S2. The average molecular weight is 481 g/mol. The van der Waals surface area contributed by atoms with E-state index in [2.05, 4.69) is 0 Å². The van der Waals surface area contributed by atoms with Crippen molar-refractivity contribution in [3.05, 3.63) is 92.6 Å². The predicted molar refractivity (Wildman–Crippen MR) is 127 cm³/mol. The first-order valence-electron chi connectivity index (χ1n) is 9.66. The van der Waals surface area contributed by atoms with E-state index in [0.29, 0.717) is 11.1 Å². The monoisotopic (exact) mass is 480 g/mol. The maximum Gasteiger partial charge on any atom is 0.331 e. The minimum Gasteiger partial charge on any atom is -0.479 e. The number of carboxylic acids is 1. The molecule has 1 fully saturated rings. The third-order valence-corrected chi connectivity index (χ3v) is 6.28. The molecular weight excluding hydrogens is 464 g/mol. The van der Waals surface area contributed by atoms with E-state index in [4.69, 9.17) is 16.6 Å². The van der Waals surface area contributed by atoms with Crippen LogP contribution in [0.15, 0.2) is 70.0 Å². The van der Waals surface area contributed by atoms with Gasteiger partial charge in [0.25, 0.3) is 11.6 Å². The van der Waals surface area contributed by atoms with Gasteiger partial charge in [0.1, 0.15) is 15.8 Å². The summed E-state index contributed by atoms with van der Waals surface area (Å²) < 4.78 is 5.86. The van der Waals surface area contributed by atoms with Gasteiger partial charge in [-0.2, -0.15) is 0 Å². The fraction of sp³-hybridized carbons (Fsp3) is 0.0870.